The highest BCUT2D eigenvalue weighted by Gasteiger charge is 2.09. The topological polar surface area (TPSA) is 93.5 Å². The quantitative estimate of drug-likeness (QED) is 0.845. The van der Waals surface area contributed by atoms with E-state index >= 15 is 0 Å². The number of aromatic nitrogens is 1. The van der Waals surface area contributed by atoms with Crippen molar-refractivity contribution in [1.29, 1.82) is 0 Å². The van der Waals surface area contributed by atoms with Crippen molar-refractivity contribution < 1.29 is 18.7 Å². The van der Waals surface area contributed by atoms with Crippen LogP contribution in [0.5, 0.6) is 0 Å². The highest BCUT2D eigenvalue weighted by atomic mass is 32.2. The molecule has 7 nitrogen and oxygen atoms in total. The van der Waals surface area contributed by atoms with E-state index in [4.69, 9.17) is 4.42 Å². The average molecular weight is 307 g/mol. The fourth-order valence-corrected chi connectivity index (χ4v) is 1.84. The van der Waals surface area contributed by atoms with Gasteiger partial charge in [0.2, 0.25) is 0 Å². The molecule has 2 rings (SSSR count). The van der Waals surface area contributed by atoms with E-state index in [1.165, 1.54) is 0 Å². The third-order valence-corrected chi connectivity index (χ3v) is 2.85. The number of pyridine rings is 1. The molecule has 0 atom stereocenters. The predicted octanol–water partition coefficient (Wildman–Crippen LogP) is 3.27. The molecule has 0 aliphatic rings. The van der Waals surface area contributed by atoms with Gasteiger partial charge in [0.05, 0.1) is 36.8 Å². The second-order valence-electron chi connectivity index (χ2n) is 3.76. The fourth-order valence-electron chi connectivity index (χ4n) is 1.45. The SMILES string of the molecule is CCOC(=O)NSC(=O)Nc1cccc(-c2ccoc2)n1. The van der Waals surface area contributed by atoms with Crippen molar-refractivity contribution in [2.24, 2.45) is 0 Å². The van der Waals surface area contributed by atoms with Crippen molar-refractivity contribution in [3.63, 3.8) is 0 Å². The zero-order chi connectivity index (χ0) is 15.1. The molecule has 2 heterocycles. The van der Waals surface area contributed by atoms with Gasteiger partial charge in [-0.3, -0.25) is 14.8 Å². The minimum Gasteiger partial charge on any atom is -0.472 e. The largest absolute Gasteiger partial charge is 0.472 e. The van der Waals surface area contributed by atoms with Crippen molar-refractivity contribution in [3.8, 4) is 11.3 Å². The maximum absolute atomic E-state index is 11.6. The molecule has 0 aliphatic carbocycles. The van der Waals surface area contributed by atoms with Gasteiger partial charge in [-0.25, -0.2) is 9.78 Å². The number of anilines is 1. The van der Waals surface area contributed by atoms with Gasteiger partial charge in [0.25, 0.3) is 0 Å². The van der Waals surface area contributed by atoms with Crippen LogP contribution in [0, 0.1) is 0 Å². The van der Waals surface area contributed by atoms with Crippen molar-refractivity contribution in [2.45, 2.75) is 6.92 Å². The number of hydrogen-bond acceptors (Lipinski definition) is 6. The minimum absolute atomic E-state index is 0.238. The van der Waals surface area contributed by atoms with Crippen molar-refractivity contribution in [3.05, 3.63) is 36.8 Å². The fraction of sp³-hybridized carbons (Fsp3) is 0.154. The van der Waals surface area contributed by atoms with Gasteiger partial charge in [-0.1, -0.05) is 6.07 Å². The summed E-state index contributed by atoms with van der Waals surface area (Å²) < 4.78 is 11.9. The molecular weight excluding hydrogens is 294 g/mol. The number of amides is 2. The number of furan rings is 1. The Balaban J connectivity index is 1.92. The summed E-state index contributed by atoms with van der Waals surface area (Å²) in [4.78, 5) is 27.0. The first-order valence-corrected chi connectivity index (χ1v) is 6.91. The van der Waals surface area contributed by atoms with Crippen molar-refractivity contribution in [2.75, 3.05) is 11.9 Å². The first-order chi connectivity index (χ1) is 10.2. The van der Waals surface area contributed by atoms with Crippen LogP contribution in [0.25, 0.3) is 11.3 Å². The molecule has 2 aromatic rings. The van der Waals surface area contributed by atoms with E-state index in [9.17, 15) is 9.59 Å². The zero-order valence-corrected chi connectivity index (χ0v) is 12.0. The van der Waals surface area contributed by atoms with E-state index in [0.29, 0.717) is 23.5 Å². The third-order valence-electron chi connectivity index (χ3n) is 2.30. The van der Waals surface area contributed by atoms with Crippen LogP contribution in [-0.2, 0) is 4.74 Å². The smallest absolute Gasteiger partial charge is 0.417 e. The summed E-state index contributed by atoms with van der Waals surface area (Å²) in [6.45, 7) is 1.91. The van der Waals surface area contributed by atoms with Crippen LogP contribution in [0.4, 0.5) is 15.4 Å². The number of carbonyl (C=O) groups excluding carboxylic acids is 2. The minimum atomic E-state index is -0.669. The lowest BCUT2D eigenvalue weighted by Gasteiger charge is -2.06. The lowest BCUT2D eigenvalue weighted by atomic mass is 10.2. The molecule has 0 saturated carbocycles. The molecule has 0 aliphatic heterocycles. The molecule has 21 heavy (non-hydrogen) atoms. The Kier molecular flexibility index (Phi) is 5.22. The van der Waals surface area contributed by atoms with Crippen LogP contribution in [0.3, 0.4) is 0 Å². The highest BCUT2D eigenvalue weighted by Crippen LogP contribution is 2.19. The number of nitrogens with zero attached hydrogens (tertiary/aromatic N) is 1. The maximum atomic E-state index is 11.6. The number of nitrogens with one attached hydrogen (secondary N) is 2. The molecule has 0 spiro atoms. The Morgan fingerprint density at radius 2 is 2.24 bits per heavy atom. The Hall–Kier alpha value is -2.48. The van der Waals surface area contributed by atoms with Gasteiger partial charge in [-0.15, -0.1) is 0 Å². The summed E-state index contributed by atoms with van der Waals surface area (Å²) >= 11 is 0.590. The number of carbonyl (C=O) groups is 2. The number of ether oxygens (including phenoxy) is 1. The first-order valence-electron chi connectivity index (χ1n) is 6.09. The van der Waals surface area contributed by atoms with Gasteiger partial charge < -0.3 is 9.15 Å². The second kappa shape index (κ2) is 7.34. The molecule has 0 saturated heterocycles. The summed E-state index contributed by atoms with van der Waals surface area (Å²) in [5.74, 6) is 0.372. The normalized spacial score (nSPS) is 9.95. The first kappa shape index (κ1) is 14.9. The predicted molar refractivity (Wildman–Crippen MR) is 78.7 cm³/mol. The summed E-state index contributed by atoms with van der Waals surface area (Å²) in [5.41, 5.74) is 1.48. The van der Waals surface area contributed by atoms with Gasteiger partial charge in [0, 0.05) is 5.56 Å². The average Bonchev–Trinajstić information content (AvgIpc) is 3.00. The van der Waals surface area contributed by atoms with Crippen LogP contribution in [0.2, 0.25) is 0 Å². The Bertz CT molecular complexity index is 616. The zero-order valence-electron chi connectivity index (χ0n) is 11.2. The van der Waals surface area contributed by atoms with Crippen molar-refractivity contribution >= 4 is 29.1 Å². The standard InChI is InChI=1S/C13H13N3O4S/c1-2-20-12(17)16-21-13(18)15-11-5-3-4-10(14-11)9-6-7-19-8-9/h3-8H,2H2,1H3,(H,16,17)(H,14,15,18). The Morgan fingerprint density at radius 3 is 2.95 bits per heavy atom. The van der Waals surface area contributed by atoms with Crippen LogP contribution in [-0.4, -0.2) is 22.9 Å². The molecule has 0 radical (unpaired) electrons. The highest BCUT2D eigenvalue weighted by molar-refractivity contribution is 8.12. The van der Waals surface area contributed by atoms with Gasteiger partial charge >= 0.3 is 11.3 Å². The molecular formula is C13H13N3O4S. The van der Waals surface area contributed by atoms with Gasteiger partial charge in [-0.05, 0) is 25.1 Å². The van der Waals surface area contributed by atoms with E-state index in [0.717, 1.165) is 5.56 Å². The molecule has 2 amide bonds. The van der Waals surface area contributed by atoms with Crippen molar-refractivity contribution in [1.82, 2.24) is 9.71 Å². The van der Waals surface area contributed by atoms with Crippen LogP contribution < -0.4 is 10.0 Å². The van der Waals surface area contributed by atoms with Crippen LogP contribution in [0.15, 0.2) is 41.2 Å². The Labute approximate surface area is 125 Å². The monoisotopic (exact) mass is 307 g/mol. The molecule has 8 heteroatoms. The maximum Gasteiger partial charge on any atom is 0.417 e. The molecule has 0 fully saturated rings. The summed E-state index contributed by atoms with van der Waals surface area (Å²) in [7, 11) is 0. The summed E-state index contributed by atoms with van der Waals surface area (Å²) in [6, 6.07) is 6.97. The molecule has 2 aromatic heterocycles. The summed E-state index contributed by atoms with van der Waals surface area (Å²) in [5, 5.41) is 2.08. The molecule has 110 valence electrons. The van der Waals surface area contributed by atoms with E-state index in [2.05, 4.69) is 19.8 Å². The van der Waals surface area contributed by atoms with Gasteiger partial charge in [0.1, 0.15) is 5.82 Å². The van der Waals surface area contributed by atoms with E-state index in [1.807, 2.05) is 0 Å². The third kappa shape index (κ3) is 4.53. The van der Waals surface area contributed by atoms with Gasteiger partial charge in [-0.2, -0.15) is 0 Å². The van der Waals surface area contributed by atoms with E-state index in [1.54, 1.807) is 43.7 Å². The lowest BCUT2D eigenvalue weighted by molar-refractivity contribution is 0.159. The second-order valence-corrected chi connectivity index (χ2v) is 4.54. The molecule has 2 N–H and O–H groups in total. The summed E-state index contributed by atoms with van der Waals surface area (Å²) in [6.07, 6.45) is 2.43. The molecule has 0 unspecified atom stereocenters. The molecule has 0 bridgehead atoms. The van der Waals surface area contributed by atoms with Crippen LogP contribution >= 0.6 is 11.9 Å². The molecule has 0 aromatic carbocycles. The lowest BCUT2D eigenvalue weighted by Crippen LogP contribution is -2.21. The van der Waals surface area contributed by atoms with E-state index < -0.39 is 11.3 Å². The number of rotatable bonds is 3. The van der Waals surface area contributed by atoms with E-state index in [-0.39, 0.29) is 6.61 Å². The van der Waals surface area contributed by atoms with Gasteiger partial charge in [0.15, 0.2) is 0 Å². The Morgan fingerprint density at radius 1 is 1.38 bits per heavy atom. The number of hydrogen-bond donors (Lipinski definition) is 2. The van der Waals surface area contributed by atoms with Crippen LogP contribution in [0.1, 0.15) is 6.92 Å².